The monoisotopic (exact) mass is 324 g/mol. The number of halogens is 2. The zero-order chi connectivity index (χ0) is 15.2. The van der Waals surface area contributed by atoms with Gasteiger partial charge in [-0.1, -0.05) is 23.7 Å². The van der Waals surface area contributed by atoms with Crippen molar-refractivity contribution in [3.8, 4) is 0 Å². The minimum Gasteiger partial charge on any atom is -0.290 e. The van der Waals surface area contributed by atoms with Gasteiger partial charge in [0.15, 0.2) is 0 Å². The number of carbonyl (C=O) groups excluding carboxylic acids is 1. The summed E-state index contributed by atoms with van der Waals surface area (Å²) in [6, 6.07) is 11.7. The van der Waals surface area contributed by atoms with Crippen LogP contribution in [-0.4, -0.2) is 5.91 Å². The molecule has 0 radical (unpaired) electrons. The van der Waals surface area contributed by atoms with Gasteiger partial charge in [-0.25, -0.2) is 10.2 Å². The van der Waals surface area contributed by atoms with E-state index in [1.165, 1.54) is 18.2 Å². The van der Waals surface area contributed by atoms with E-state index < -0.39 is 5.91 Å². The van der Waals surface area contributed by atoms with Crippen molar-refractivity contribution >= 4 is 29.3 Å². The van der Waals surface area contributed by atoms with Crippen molar-refractivity contribution in [2.75, 3.05) is 0 Å². The van der Waals surface area contributed by atoms with Crippen molar-refractivity contribution in [1.29, 1.82) is 0 Å². The molecule has 0 bridgehead atoms. The third-order valence-corrected chi connectivity index (χ3v) is 4.18. The van der Waals surface area contributed by atoms with E-state index in [2.05, 4.69) is 0 Å². The fraction of sp³-hybridized carbons (Fsp3) is 0.133. The van der Waals surface area contributed by atoms with E-state index in [1.54, 1.807) is 11.8 Å². The SMILES string of the molecule is NNC(=O)c1ccc(F)c(CSCc2ccc(Cl)cc2)c1. The van der Waals surface area contributed by atoms with Gasteiger partial charge in [0.1, 0.15) is 5.82 Å². The van der Waals surface area contributed by atoms with Gasteiger partial charge in [0.05, 0.1) is 0 Å². The lowest BCUT2D eigenvalue weighted by Gasteiger charge is -2.06. The molecule has 0 heterocycles. The lowest BCUT2D eigenvalue weighted by atomic mass is 10.1. The minimum absolute atomic E-state index is 0.327. The number of hydrazine groups is 1. The first kappa shape index (κ1) is 15.8. The van der Waals surface area contributed by atoms with Crippen LogP contribution in [0.4, 0.5) is 4.39 Å². The normalized spacial score (nSPS) is 10.4. The quantitative estimate of drug-likeness (QED) is 0.502. The summed E-state index contributed by atoms with van der Waals surface area (Å²) in [5.41, 5.74) is 3.98. The van der Waals surface area contributed by atoms with Crippen LogP contribution in [-0.2, 0) is 11.5 Å². The highest BCUT2D eigenvalue weighted by Gasteiger charge is 2.09. The average Bonchev–Trinajstić information content (AvgIpc) is 2.50. The first-order valence-electron chi connectivity index (χ1n) is 6.21. The molecule has 0 unspecified atom stereocenters. The Balaban J connectivity index is 1.99. The number of amides is 1. The second-order valence-corrected chi connectivity index (χ2v) is 5.82. The predicted octanol–water partition coefficient (Wildman–Crippen LogP) is 3.52. The molecule has 21 heavy (non-hydrogen) atoms. The van der Waals surface area contributed by atoms with E-state index in [4.69, 9.17) is 17.4 Å². The summed E-state index contributed by atoms with van der Waals surface area (Å²) in [4.78, 5) is 11.4. The number of nitrogen functional groups attached to an aromatic ring is 1. The summed E-state index contributed by atoms with van der Waals surface area (Å²) in [6.07, 6.45) is 0. The molecule has 0 fully saturated rings. The molecule has 0 saturated carbocycles. The summed E-state index contributed by atoms with van der Waals surface area (Å²) >= 11 is 7.38. The maximum absolute atomic E-state index is 13.7. The summed E-state index contributed by atoms with van der Waals surface area (Å²) in [5, 5.41) is 0.690. The number of hydrogen-bond donors (Lipinski definition) is 2. The molecule has 2 rings (SSSR count). The fourth-order valence-corrected chi connectivity index (χ4v) is 2.87. The predicted molar refractivity (Wildman–Crippen MR) is 84.5 cm³/mol. The van der Waals surface area contributed by atoms with Gasteiger partial charge >= 0.3 is 0 Å². The van der Waals surface area contributed by atoms with Crippen molar-refractivity contribution in [2.45, 2.75) is 11.5 Å². The average molecular weight is 325 g/mol. The van der Waals surface area contributed by atoms with Gasteiger partial charge in [-0.2, -0.15) is 11.8 Å². The molecule has 1 amide bonds. The molecule has 3 nitrogen and oxygen atoms in total. The molecular weight excluding hydrogens is 311 g/mol. The number of thioether (sulfide) groups is 1. The Morgan fingerprint density at radius 3 is 2.57 bits per heavy atom. The molecule has 0 saturated heterocycles. The molecule has 2 aromatic rings. The maximum atomic E-state index is 13.7. The Morgan fingerprint density at radius 2 is 1.90 bits per heavy atom. The molecule has 0 aromatic heterocycles. The van der Waals surface area contributed by atoms with E-state index >= 15 is 0 Å². The highest BCUT2D eigenvalue weighted by molar-refractivity contribution is 7.97. The summed E-state index contributed by atoms with van der Waals surface area (Å²) in [6.45, 7) is 0. The molecular formula is C15H14ClFN2OS. The van der Waals surface area contributed by atoms with Crippen LogP contribution in [0.2, 0.25) is 5.02 Å². The van der Waals surface area contributed by atoms with Crippen molar-refractivity contribution in [3.63, 3.8) is 0 Å². The van der Waals surface area contributed by atoms with Crippen LogP contribution in [0.3, 0.4) is 0 Å². The highest BCUT2D eigenvalue weighted by atomic mass is 35.5. The molecule has 0 aliphatic carbocycles. The highest BCUT2D eigenvalue weighted by Crippen LogP contribution is 2.21. The molecule has 2 aromatic carbocycles. The number of carbonyl (C=O) groups is 1. The number of hydrogen-bond acceptors (Lipinski definition) is 3. The van der Waals surface area contributed by atoms with E-state index in [0.29, 0.717) is 21.9 Å². The van der Waals surface area contributed by atoms with E-state index in [-0.39, 0.29) is 5.82 Å². The van der Waals surface area contributed by atoms with Crippen LogP contribution in [0.25, 0.3) is 0 Å². The number of nitrogens with one attached hydrogen (secondary N) is 1. The Bertz CT molecular complexity index is 634. The van der Waals surface area contributed by atoms with Gasteiger partial charge in [-0.15, -0.1) is 0 Å². The van der Waals surface area contributed by atoms with Crippen molar-refractivity contribution in [3.05, 3.63) is 70.0 Å². The van der Waals surface area contributed by atoms with Crippen molar-refractivity contribution in [2.24, 2.45) is 5.84 Å². The number of rotatable bonds is 5. The minimum atomic E-state index is -0.432. The number of nitrogens with two attached hydrogens (primary N) is 1. The third-order valence-electron chi connectivity index (χ3n) is 2.88. The Hall–Kier alpha value is -1.56. The lowest BCUT2D eigenvalue weighted by Crippen LogP contribution is -2.30. The standard InChI is InChI=1S/C15H14ClFN2OS/c16-13-4-1-10(2-5-13)8-21-9-12-7-11(15(20)19-18)3-6-14(12)17/h1-7H,8-9,18H2,(H,19,20). The summed E-state index contributed by atoms with van der Waals surface area (Å²) in [7, 11) is 0. The van der Waals surface area contributed by atoms with Crippen LogP contribution in [0.5, 0.6) is 0 Å². The van der Waals surface area contributed by atoms with Gasteiger partial charge in [0, 0.05) is 22.1 Å². The van der Waals surface area contributed by atoms with E-state index in [0.717, 1.165) is 11.3 Å². The van der Waals surface area contributed by atoms with Crippen LogP contribution in [0.1, 0.15) is 21.5 Å². The van der Waals surface area contributed by atoms with E-state index in [9.17, 15) is 9.18 Å². The zero-order valence-electron chi connectivity index (χ0n) is 11.1. The third kappa shape index (κ3) is 4.46. The van der Waals surface area contributed by atoms with Gasteiger partial charge < -0.3 is 0 Å². The topological polar surface area (TPSA) is 55.1 Å². The summed E-state index contributed by atoms with van der Waals surface area (Å²) < 4.78 is 13.7. The van der Waals surface area contributed by atoms with E-state index in [1.807, 2.05) is 29.7 Å². The van der Waals surface area contributed by atoms with Gasteiger partial charge in [-0.05, 0) is 41.5 Å². The first-order chi connectivity index (χ1) is 10.1. The van der Waals surface area contributed by atoms with Crippen LogP contribution in [0.15, 0.2) is 42.5 Å². The van der Waals surface area contributed by atoms with Crippen LogP contribution >= 0.6 is 23.4 Å². The first-order valence-corrected chi connectivity index (χ1v) is 7.75. The largest absolute Gasteiger partial charge is 0.290 e. The Kier molecular flexibility index (Phi) is 5.61. The molecule has 6 heteroatoms. The molecule has 110 valence electrons. The van der Waals surface area contributed by atoms with Crippen molar-refractivity contribution < 1.29 is 9.18 Å². The maximum Gasteiger partial charge on any atom is 0.265 e. The lowest BCUT2D eigenvalue weighted by molar-refractivity contribution is 0.0953. The van der Waals surface area contributed by atoms with Crippen molar-refractivity contribution in [1.82, 2.24) is 5.43 Å². The van der Waals surface area contributed by atoms with Gasteiger partial charge in [-0.3, -0.25) is 10.2 Å². The van der Waals surface area contributed by atoms with Crippen LogP contribution < -0.4 is 11.3 Å². The summed E-state index contributed by atoms with van der Waals surface area (Å²) in [5.74, 6) is 5.53. The zero-order valence-corrected chi connectivity index (χ0v) is 12.7. The Labute approximate surface area is 131 Å². The number of benzene rings is 2. The molecule has 0 aliphatic heterocycles. The smallest absolute Gasteiger partial charge is 0.265 e. The molecule has 3 N–H and O–H groups in total. The van der Waals surface area contributed by atoms with Crippen LogP contribution in [0, 0.1) is 5.82 Å². The van der Waals surface area contributed by atoms with Gasteiger partial charge in [0.25, 0.3) is 5.91 Å². The molecule has 0 atom stereocenters. The molecule has 0 spiro atoms. The second kappa shape index (κ2) is 7.45. The Morgan fingerprint density at radius 1 is 1.19 bits per heavy atom. The second-order valence-electron chi connectivity index (χ2n) is 4.40. The fourth-order valence-electron chi connectivity index (χ4n) is 1.77. The van der Waals surface area contributed by atoms with Gasteiger partial charge in [0.2, 0.25) is 0 Å². The molecule has 0 aliphatic rings.